The molecular weight excluding hydrogens is 396 g/mol. The molecule has 7 nitrogen and oxygen atoms in total. The third kappa shape index (κ3) is 4.49. The summed E-state index contributed by atoms with van der Waals surface area (Å²) in [7, 11) is 0. The molecule has 1 amide bonds. The van der Waals surface area contributed by atoms with Crippen LogP contribution in [0.3, 0.4) is 0 Å². The molecule has 0 radical (unpaired) electrons. The predicted molar refractivity (Wildman–Crippen MR) is 117 cm³/mol. The van der Waals surface area contributed by atoms with Gasteiger partial charge >= 0.3 is 0 Å². The predicted octanol–water partition coefficient (Wildman–Crippen LogP) is 3.27. The van der Waals surface area contributed by atoms with Gasteiger partial charge in [-0.1, -0.05) is 18.2 Å². The first-order valence-corrected chi connectivity index (χ1v) is 10.3. The van der Waals surface area contributed by atoms with Crippen molar-refractivity contribution in [3.63, 3.8) is 0 Å². The fourth-order valence-corrected chi connectivity index (χ4v) is 3.82. The van der Waals surface area contributed by atoms with E-state index in [-0.39, 0.29) is 0 Å². The first-order chi connectivity index (χ1) is 14.7. The Balaban J connectivity index is 1.68. The molecule has 0 fully saturated rings. The van der Waals surface area contributed by atoms with Crippen molar-refractivity contribution >= 4 is 23.1 Å². The minimum atomic E-state index is -0.658. The summed E-state index contributed by atoms with van der Waals surface area (Å²) in [6, 6.07) is 13.2. The largest absolute Gasteiger partial charge is 0.369 e. The summed E-state index contributed by atoms with van der Waals surface area (Å²) in [4.78, 5) is 30.0. The van der Waals surface area contributed by atoms with Crippen LogP contribution < -0.4 is 11.1 Å². The second kappa shape index (κ2) is 9.23. The number of rotatable bonds is 8. The molecule has 4 heterocycles. The Morgan fingerprint density at radius 3 is 2.70 bits per heavy atom. The Kier molecular flexibility index (Phi) is 6.05. The van der Waals surface area contributed by atoms with E-state index < -0.39 is 11.8 Å². The highest BCUT2D eigenvalue weighted by Crippen LogP contribution is 2.31. The molecule has 1 unspecified atom stereocenters. The highest BCUT2D eigenvalue weighted by Gasteiger charge is 2.25. The number of anilines is 1. The summed E-state index contributed by atoms with van der Waals surface area (Å²) in [6.45, 7) is 0.608. The Hall–Kier alpha value is -3.65. The van der Waals surface area contributed by atoms with E-state index in [0.717, 1.165) is 28.4 Å². The molecule has 8 heteroatoms. The molecular formula is C22H20N6OS. The Morgan fingerprint density at radius 1 is 1.07 bits per heavy atom. The molecule has 1 atom stereocenters. The standard InChI is InChI=1S/C22H20N6OS/c23-20(29)19(15-4-3-9-24-14-15)17-6-7-18(22-27-12-13-30-22)28-21(17)26-11-8-16-5-1-2-10-25-16/h1-7,9-10,12-14,19H,8,11H2,(H2,23,29)(H,26,28). The minimum absolute atomic E-state index is 0.459. The highest BCUT2D eigenvalue weighted by molar-refractivity contribution is 7.13. The first-order valence-electron chi connectivity index (χ1n) is 9.46. The Morgan fingerprint density at radius 2 is 2.00 bits per heavy atom. The quantitative estimate of drug-likeness (QED) is 0.457. The molecule has 0 aromatic carbocycles. The molecule has 0 bridgehead atoms. The number of nitrogens with one attached hydrogen (secondary N) is 1. The molecule has 4 aromatic rings. The van der Waals surface area contributed by atoms with Gasteiger partial charge in [-0.3, -0.25) is 14.8 Å². The van der Waals surface area contributed by atoms with Crippen LogP contribution in [0.5, 0.6) is 0 Å². The van der Waals surface area contributed by atoms with E-state index in [1.807, 2.05) is 41.8 Å². The zero-order valence-corrected chi connectivity index (χ0v) is 16.9. The van der Waals surface area contributed by atoms with Crippen molar-refractivity contribution in [3.8, 4) is 10.7 Å². The van der Waals surface area contributed by atoms with Gasteiger partial charge in [-0.2, -0.15) is 0 Å². The van der Waals surface area contributed by atoms with Crippen LogP contribution in [0.1, 0.15) is 22.7 Å². The molecule has 0 aliphatic rings. The van der Waals surface area contributed by atoms with Crippen molar-refractivity contribution in [2.45, 2.75) is 12.3 Å². The maximum atomic E-state index is 12.4. The van der Waals surface area contributed by atoms with Gasteiger partial charge in [0.25, 0.3) is 0 Å². The highest BCUT2D eigenvalue weighted by atomic mass is 32.1. The summed E-state index contributed by atoms with van der Waals surface area (Å²) < 4.78 is 0. The number of aromatic nitrogens is 4. The molecule has 0 aliphatic heterocycles. The lowest BCUT2D eigenvalue weighted by Gasteiger charge is -2.19. The first kappa shape index (κ1) is 19.7. The van der Waals surface area contributed by atoms with Crippen molar-refractivity contribution in [1.29, 1.82) is 0 Å². The van der Waals surface area contributed by atoms with Crippen molar-refractivity contribution < 1.29 is 4.79 Å². The maximum absolute atomic E-state index is 12.4. The van der Waals surface area contributed by atoms with E-state index in [1.165, 1.54) is 11.3 Å². The van der Waals surface area contributed by atoms with E-state index in [4.69, 9.17) is 10.7 Å². The van der Waals surface area contributed by atoms with E-state index in [0.29, 0.717) is 17.9 Å². The Bertz CT molecular complexity index is 1100. The number of nitrogens with two attached hydrogens (primary N) is 1. The van der Waals surface area contributed by atoms with Gasteiger partial charge < -0.3 is 11.1 Å². The number of hydrogen-bond acceptors (Lipinski definition) is 7. The van der Waals surface area contributed by atoms with Gasteiger partial charge in [0.05, 0.1) is 5.92 Å². The van der Waals surface area contributed by atoms with Crippen LogP contribution in [-0.2, 0) is 11.2 Å². The number of pyridine rings is 3. The number of nitrogens with zero attached hydrogens (tertiary/aromatic N) is 4. The van der Waals surface area contributed by atoms with Gasteiger partial charge in [-0.25, -0.2) is 9.97 Å². The van der Waals surface area contributed by atoms with Crippen LogP contribution in [0.15, 0.2) is 72.6 Å². The number of carbonyl (C=O) groups is 1. The topological polar surface area (TPSA) is 107 Å². The number of thiazole rings is 1. The van der Waals surface area contributed by atoms with Gasteiger partial charge in [0, 0.05) is 54.4 Å². The van der Waals surface area contributed by atoms with Crippen molar-refractivity contribution in [2.75, 3.05) is 11.9 Å². The third-order valence-corrected chi connectivity index (χ3v) is 5.39. The average Bonchev–Trinajstić information content (AvgIpc) is 3.31. The van der Waals surface area contributed by atoms with E-state index in [1.54, 1.807) is 30.9 Å². The van der Waals surface area contributed by atoms with Gasteiger partial charge in [-0.15, -0.1) is 11.3 Å². The van der Waals surface area contributed by atoms with Crippen molar-refractivity contribution in [2.24, 2.45) is 5.73 Å². The Labute approximate surface area is 178 Å². The van der Waals surface area contributed by atoms with E-state index in [9.17, 15) is 4.79 Å². The van der Waals surface area contributed by atoms with E-state index >= 15 is 0 Å². The summed E-state index contributed by atoms with van der Waals surface area (Å²) in [6.07, 6.45) is 7.55. The average molecular weight is 417 g/mol. The number of hydrogen-bond donors (Lipinski definition) is 2. The van der Waals surface area contributed by atoms with Crippen LogP contribution in [0.25, 0.3) is 10.7 Å². The summed E-state index contributed by atoms with van der Waals surface area (Å²) in [5.41, 5.74) is 8.92. The SMILES string of the molecule is NC(=O)C(c1cccnc1)c1ccc(-c2nccs2)nc1NCCc1ccccn1. The zero-order valence-electron chi connectivity index (χ0n) is 16.1. The third-order valence-electron chi connectivity index (χ3n) is 4.59. The normalized spacial score (nSPS) is 11.7. The molecule has 30 heavy (non-hydrogen) atoms. The van der Waals surface area contributed by atoms with Crippen molar-refractivity contribution in [3.05, 3.63) is 89.5 Å². The number of carbonyl (C=O) groups excluding carboxylic acids is 1. The molecule has 0 saturated heterocycles. The smallest absolute Gasteiger partial charge is 0.229 e. The van der Waals surface area contributed by atoms with Gasteiger partial charge in [0.15, 0.2) is 0 Å². The molecule has 150 valence electrons. The molecule has 4 aromatic heterocycles. The van der Waals surface area contributed by atoms with Crippen molar-refractivity contribution in [1.82, 2.24) is 19.9 Å². The number of primary amides is 1. The second-order valence-electron chi connectivity index (χ2n) is 6.59. The monoisotopic (exact) mass is 416 g/mol. The summed E-state index contributed by atoms with van der Waals surface area (Å²) in [5.74, 6) is -0.514. The van der Waals surface area contributed by atoms with Crippen LogP contribution in [-0.4, -0.2) is 32.4 Å². The lowest BCUT2D eigenvalue weighted by Crippen LogP contribution is -2.24. The van der Waals surface area contributed by atoms with Crippen LogP contribution in [0.2, 0.25) is 0 Å². The lowest BCUT2D eigenvalue weighted by molar-refractivity contribution is -0.118. The van der Waals surface area contributed by atoms with Crippen LogP contribution in [0, 0.1) is 0 Å². The van der Waals surface area contributed by atoms with Crippen LogP contribution in [0.4, 0.5) is 5.82 Å². The zero-order chi connectivity index (χ0) is 20.8. The van der Waals surface area contributed by atoms with Gasteiger partial charge in [-0.05, 0) is 29.8 Å². The molecule has 0 spiro atoms. The summed E-state index contributed by atoms with van der Waals surface area (Å²) in [5, 5.41) is 6.08. The molecule has 0 aliphatic carbocycles. The fourth-order valence-electron chi connectivity index (χ4n) is 3.21. The number of amides is 1. The van der Waals surface area contributed by atoms with Gasteiger partial charge in [0.2, 0.25) is 5.91 Å². The van der Waals surface area contributed by atoms with Crippen LogP contribution >= 0.6 is 11.3 Å². The molecule has 3 N–H and O–H groups in total. The maximum Gasteiger partial charge on any atom is 0.229 e. The van der Waals surface area contributed by atoms with Gasteiger partial charge in [0.1, 0.15) is 16.5 Å². The van der Waals surface area contributed by atoms with E-state index in [2.05, 4.69) is 20.3 Å². The minimum Gasteiger partial charge on any atom is -0.369 e. The molecule has 0 saturated carbocycles. The lowest BCUT2D eigenvalue weighted by atomic mass is 9.92. The molecule has 4 rings (SSSR count). The second-order valence-corrected chi connectivity index (χ2v) is 7.49. The fraction of sp³-hybridized carbons (Fsp3) is 0.136. The summed E-state index contributed by atoms with van der Waals surface area (Å²) >= 11 is 1.51.